The normalized spacial score (nSPS) is 28.0. The number of hydrogen-bond acceptors (Lipinski definition) is 3. The third-order valence-electron chi connectivity index (χ3n) is 5.87. The van der Waals surface area contributed by atoms with Gasteiger partial charge in [-0.05, 0) is 58.8 Å². The Bertz CT molecular complexity index is 285. The molecule has 2 aliphatic rings. The summed E-state index contributed by atoms with van der Waals surface area (Å²) in [5.41, 5.74) is 0.476. The molecule has 2 aliphatic carbocycles. The van der Waals surface area contributed by atoms with E-state index in [1.165, 1.54) is 71.1 Å². The largest absolute Gasteiger partial charge is 0.378 e. The summed E-state index contributed by atoms with van der Waals surface area (Å²) in [7, 11) is 0. The van der Waals surface area contributed by atoms with Gasteiger partial charge in [-0.3, -0.25) is 0 Å². The maximum absolute atomic E-state index is 6.03. The summed E-state index contributed by atoms with van der Waals surface area (Å²) >= 11 is 0. The molecule has 2 unspecified atom stereocenters. The van der Waals surface area contributed by atoms with Gasteiger partial charge in [-0.1, -0.05) is 33.1 Å². The maximum atomic E-state index is 6.03. The maximum Gasteiger partial charge on any atom is 0.0661 e. The van der Waals surface area contributed by atoms with Crippen LogP contribution < -0.4 is 5.32 Å². The van der Waals surface area contributed by atoms with Crippen LogP contribution in [-0.2, 0) is 4.74 Å². The van der Waals surface area contributed by atoms with Gasteiger partial charge in [-0.25, -0.2) is 0 Å². The Morgan fingerprint density at radius 1 is 1.10 bits per heavy atom. The lowest BCUT2D eigenvalue weighted by atomic mass is 9.55. The molecule has 0 heterocycles. The standard InChI is InChI=1S/C18H36N2O/c1-4-20(5-2)14-10-13-19-16-15-17(21-6-3)18(16)11-8-7-9-12-18/h16-17,19H,4-15H2,1-3H3. The summed E-state index contributed by atoms with van der Waals surface area (Å²) < 4.78 is 6.03. The van der Waals surface area contributed by atoms with Crippen LogP contribution in [0.2, 0.25) is 0 Å². The van der Waals surface area contributed by atoms with Crippen LogP contribution in [0.5, 0.6) is 0 Å². The molecule has 21 heavy (non-hydrogen) atoms. The van der Waals surface area contributed by atoms with Gasteiger partial charge >= 0.3 is 0 Å². The van der Waals surface area contributed by atoms with E-state index in [9.17, 15) is 0 Å². The van der Waals surface area contributed by atoms with Crippen molar-refractivity contribution in [3.05, 3.63) is 0 Å². The van der Waals surface area contributed by atoms with Crippen LogP contribution >= 0.6 is 0 Å². The van der Waals surface area contributed by atoms with Crippen LogP contribution in [-0.4, -0.2) is 49.8 Å². The number of rotatable bonds is 9. The van der Waals surface area contributed by atoms with Crippen LogP contribution in [0.15, 0.2) is 0 Å². The van der Waals surface area contributed by atoms with E-state index in [-0.39, 0.29) is 0 Å². The second kappa shape index (κ2) is 8.50. The third-order valence-corrected chi connectivity index (χ3v) is 5.87. The van der Waals surface area contributed by atoms with E-state index < -0.39 is 0 Å². The molecule has 0 bridgehead atoms. The van der Waals surface area contributed by atoms with Gasteiger partial charge in [0, 0.05) is 18.1 Å². The first kappa shape index (κ1) is 17.2. The first-order valence-corrected chi connectivity index (χ1v) is 9.34. The van der Waals surface area contributed by atoms with Crippen LogP contribution in [0, 0.1) is 5.41 Å². The quantitative estimate of drug-likeness (QED) is 0.660. The topological polar surface area (TPSA) is 24.5 Å². The van der Waals surface area contributed by atoms with Crippen molar-refractivity contribution >= 4 is 0 Å². The Labute approximate surface area is 131 Å². The highest BCUT2D eigenvalue weighted by Crippen LogP contribution is 2.53. The van der Waals surface area contributed by atoms with Crippen molar-refractivity contribution in [3.8, 4) is 0 Å². The molecule has 2 saturated carbocycles. The van der Waals surface area contributed by atoms with Gasteiger partial charge < -0.3 is 15.0 Å². The fraction of sp³-hybridized carbons (Fsp3) is 1.00. The molecule has 1 spiro atoms. The molecule has 2 fully saturated rings. The van der Waals surface area contributed by atoms with Crippen molar-refractivity contribution in [3.63, 3.8) is 0 Å². The summed E-state index contributed by atoms with van der Waals surface area (Å²) in [5.74, 6) is 0. The van der Waals surface area contributed by atoms with Crippen molar-refractivity contribution in [2.75, 3.05) is 32.8 Å². The number of nitrogens with one attached hydrogen (secondary N) is 1. The van der Waals surface area contributed by atoms with E-state index in [1.807, 2.05) is 0 Å². The van der Waals surface area contributed by atoms with Crippen LogP contribution in [0.3, 0.4) is 0 Å². The predicted molar refractivity (Wildman–Crippen MR) is 89.7 cm³/mol. The first-order valence-electron chi connectivity index (χ1n) is 9.34. The van der Waals surface area contributed by atoms with Gasteiger partial charge in [0.2, 0.25) is 0 Å². The fourth-order valence-corrected chi connectivity index (χ4v) is 4.47. The molecule has 2 rings (SSSR count). The Morgan fingerprint density at radius 3 is 2.43 bits per heavy atom. The molecule has 0 amide bonds. The molecule has 1 N–H and O–H groups in total. The Hall–Kier alpha value is -0.120. The molecule has 3 nitrogen and oxygen atoms in total. The zero-order valence-corrected chi connectivity index (χ0v) is 14.5. The summed E-state index contributed by atoms with van der Waals surface area (Å²) in [6.45, 7) is 12.3. The minimum Gasteiger partial charge on any atom is -0.378 e. The van der Waals surface area contributed by atoms with Crippen molar-refractivity contribution in [2.45, 2.75) is 77.9 Å². The highest BCUT2D eigenvalue weighted by molar-refractivity contribution is 5.08. The third kappa shape index (κ3) is 4.00. The first-order chi connectivity index (χ1) is 10.3. The molecule has 3 heteroatoms. The van der Waals surface area contributed by atoms with E-state index in [2.05, 4.69) is 31.0 Å². The highest BCUT2D eigenvalue weighted by atomic mass is 16.5. The second-order valence-corrected chi connectivity index (χ2v) is 6.86. The van der Waals surface area contributed by atoms with Crippen molar-refractivity contribution in [1.82, 2.24) is 10.2 Å². The summed E-state index contributed by atoms with van der Waals surface area (Å²) in [4.78, 5) is 2.52. The Kier molecular flexibility index (Phi) is 6.97. The summed E-state index contributed by atoms with van der Waals surface area (Å²) in [6.07, 6.45) is 10.0. The molecule has 2 atom stereocenters. The summed E-state index contributed by atoms with van der Waals surface area (Å²) in [6, 6.07) is 0.714. The lowest BCUT2D eigenvalue weighted by Crippen LogP contribution is -2.64. The predicted octanol–water partition coefficient (Wildman–Crippen LogP) is 3.44. The van der Waals surface area contributed by atoms with Gasteiger partial charge in [-0.15, -0.1) is 0 Å². The number of nitrogens with zero attached hydrogens (tertiary/aromatic N) is 1. The van der Waals surface area contributed by atoms with Crippen LogP contribution in [0.1, 0.15) is 65.7 Å². The van der Waals surface area contributed by atoms with Crippen molar-refractivity contribution in [1.29, 1.82) is 0 Å². The second-order valence-electron chi connectivity index (χ2n) is 6.86. The Morgan fingerprint density at radius 2 is 1.81 bits per heavy atom. The molecule has 0 aromatic heterocycles. The lowest BCUT2D eigenvalue weighted by molar-refractivity contribution is -0.149. The average Bonchev–Trinajstić information content (AvgIpc) is 2.53. The molecule has 0 aliphatic heterocycles. The van der Waals surface area contributed by atoms with E-state index in [0.29, 0.717) is 17.6 Å². The van der Waals surface area contributed by atoms with E-state index in [4.69, 9.17) is 4.74 Å². The van der Waals surface area contributed by atoms with E-state index in [0.717, 1.165) is 6.61 Å². The van der Waals surface area contributed by atoms with Crippen LogP contribution in [0.4, 0.5) is 0 Å². The van der Waals surface area contributed by atoms with Crippen molar-refractivity contribution in [2.24, 2.45) is 5.41 Å². The van der Waals surface area contributed by atoms with Crippen molar-refractivity contribution < 1.29 is 4.74 Å². The smallest absolute Gasteiger partial charge is 0.0661 e. The van der Waals surface area contributed by atoms with Crippen LogP contribution in [0.25, 0.3) is 0 Å². The van der Waals surface area contributed by atoms with Gasteiger partial charge in [0.15, 0.2) is 0 Å². The minimum absolute atomic E-state index is 0.476. The average molecular weight is 296 g/mol. The molecule has 0 aromatic rings. The van der Waals surface area contributed by atoms with Gasteiger partial charge in [-0.2, -0.15) is 0 Å². The van der Waals surface area contributed by atoms with Gasteiger partial charge in [0.25, 0.3) is 0 Å². The molecular formula is C18H36N2O. The zero-order chi connectivity index (χ0) is 15.1. The minimum atomic E-state index is 0.476. The molecule has 0 aromatic carbocycles. The SMILES string of the molecule is CCOC1CC(NCCCN(CC)CC)C12CCCCC2. The van der Waals surface area contributed by atoms with E-state index >= 15 is 0 Å². The highest BCUT2D eigenvalue weighted by Gasteiger charge is 2.55. The lowest BCUT2D eigenvalue weighted by Gasteiger charge is -2.58. The van der Waals surface area contributed by atoms with Gasteiger partial charge in [0.05, 0.1) is 6.10 Å². The monoisotopic (exact) mass is 296 g/mol. The van der Waals surface area contributed by atoms with E-state index in [1.54, 1.807) is 0 Å². The number of hydrogen-bond donors (Lipinski definition) is 1. The Balaban J connectivity index is 1.75. The summed E-state index contributed by atoms with van der Waals surface area (Å²) in [5, 5.41) is 3.86. The zero-order valence-electron chi connectivity index (χ0n) is 14.5. The molecule has 124 valence electrons. The molecular weight excluding hydrogens is 260 g/mol. The fourth-order valence-electron chi connectivity index (χ4n) is 4.47. The molecule has 0 radical (unpaired) electrons. The number of ether oxygens (including phenoxy) is 1. The van der Waals surface area contributed by atoms with Gasteiger partial charge in [0.1, 0.15) is 0 Å². The molecule has 0 saturated heterocycles.